The minimum atomic E-state index is -0.238. The molecule has 1 aliphatic rings. The highest BCUT2D eigenvalue weighted by atomic mass is 16.3. The molecule has 0 spiro atoms. The number of rotatable bonds is 1. The Morgan fingerprint density at radius 1 is 0.533 bits per heavy atom. The Labute approximate surface area is 187 Å². The molecule has 2 aromatic carbocycles. The lowest BCUT2D eigenvalue weighted by Crippen LogP contribution is -2.44. The molecule has 0 aliphatic heterocycles. The van der Waals surface area contributed by atoms with Gasteiger partial charge in [0.2, 0.25) is 0 Å². The topological polar surface area (TPSA) is 40.5 Å². The summed E-state index contributed by atoms with van der Waals surface area (Å²) in [7, 11) is 0. The van der Waals surface area contributed by atoms with Crippen molar-refractivity contribution in [1.82, 2.24) is 0 Å². The second-order valence-corrected chi connectivity index (χ2v) is 7.65. The lowest BCUT2D eigenvalue weighted by Gasteiger charge is -2.47. The number of fused-ring (bicyclic) bond motifs is 1. The zero-order valence-corrected chi connectivity index (χ0v) is 21.9. The molecule has 0 radical (unpaired) electrons. The normalized spacial score (nSPS) is 19.1. The smallest absolute Gasteiger partial charge is 0.115 e. The summed E-state index contributed by atoms with van der Waals surface area (Å²) in [4.78, 5) is 0. The highest BCUT2D eigenvalue weighted by molar-refractivity contribution is 5.57. The van der Waals surface area contributed by atoms with Gasteiger partial charge >= 0.3 is 0 Å². The molecule has 0 saturated heterocycles. The van der Waals surface area contributed by atoms with Gasteiger partial charge in [0.25, 0.3) is 0 Å². The lowest BCUT2D eigenvalue weighted by molar-refractivity contribution is 0.139. The van der Waals surface area contributed by atoms with Gasteiger partial charge in [-0.15, -0.1) is 0 Å². The zero-order chi connectivity index (χ0) is 24.3. The summed E-state index contributed by atoms with van der Waals surface area (Å²) < 4.78 is 0. The van der Waals surface area contributed by atoms with Crippen LogP contribution in [0.4, 0.5) is 0 Å². The van der Waals surface area contributed by atoms with Gasteiger partial charge in [-0.2, -0.15) is 0 Å². The molecule has 0 aromatic heterocycles. The number of hydrogen-bond acceptors (Lipinski definition) is 2. The molecule has 3 rings (SSSR count). The van der Waals surface area contributed by atoms with Gasteiger partial charge in [0.1, 0.15) is 11.5 Å². The van der Waals surface area contributed by atoms with E-state index in [0.717, 1.165) is 5.56 Å². The third-order valence-corrected chi connectivity index (χ3v) is 6.47. The van der Waals surface area contributed by atoms with Gasteiger partial charge in [0, 0.05) is 5.41 Å². The Balaban J connectivity index is 0. The van der Waals surface area contributed by atoms with E-state index in [1.807, 2.05) is 73.6 Å². The lowest BCUT2D eigenvalue weighted by atomic mass is 9.56. The van der Waals surface area contributed by atoms with Gasteiger partial charge in [0.05, 0.1) is 0 Å². The largest absolute Gasteiger partial charge is 0.508 e. The van der Waals surface area contributed by atoms with E-state index in [4.69, 9.17) is 0 Å². The van der Waals surface area contributed by atoms with Crippen molar-refractivity contribution in [2.75, 3.05) is 0 Å². The van der Waals surface area contributed by atoms with Crippen LogP contribution in [0.15, 0.2) is 42.5 Å². The van der Waals surface area contributed by atoms with E-state index >= 15 is 0 Å². The second kappa shape index (κ2) is 12.7. The molecule has 1 aliphatic carbocycles. The first-order chi connectivity index (χ1) is 14.1. The molecule has 0 heterocycles. The van der Waals surface area contributed by atoms with E-state index in [0.29, 0.717) is 5.75 Å². The Kier molecular flexibility index (Phi) is 12.8. The molecule has 172 valence electrons. The van der Waals surface area contributed by atoms with Crippen LogP contribution in [0.1, 0.15) is 107 Å². The average molecular weight is 417 g/mol. The first-order valence-electron chi connectivity index (χ1n) is 11.8. The third kappa shape index (κ3) is 5.02. The molecule has 0 saturated carbocycles. The summed E-state index contributed by atoms with van der Waals surface area (Å²) in [5, 5.41) is 19.6. The van der Waals surface area contributed by atoms with Crippen LogP contribution < -0.4 is 0 Å². The first-order valence-corrected chi connectivity index (χ1v) is 11.8. The molecular weight excluding hydrogens is 368 g/mol. The molecule has 30 heavy (non-hydrogen) atoms. The SMILES string of the molecule is CC.CC.CC.CC.CC1(C)c2ccc(O)cc2C(C)(c2ccc(O)cc2)C1(C)C. The third-order valence-electron chi connectivity index (χ3n) is 6.47. The van der Waals surface area contributed by atoms with Crippen LogP contribution in [-0.2, 0) is 10.8 Å². The number of benzene rings is 2. The van der Waals surface area contributed by atoms with Crippen molar-refractivity contribution < 1.29 is 10.2 Å². The maximum Gasteiger partial charge on any atom is 0.115 e. The molecule has 0 bridgehead atoms. The monoisotopic (exact) mass is 416 g/mol. The minimum absolute atomic E-state index is 0.0251. The fraction of sp³-hybridized carbons (Fsp3) is 0.571. The van der Waals surface area contributed by atoms with Gasteiger partial charge in [-0.25, -0.2) is 0 Å². The van der Waals surface area contributed by atoms with Crippen molar-refractivity contribution in [1.29, 1.82) is 0 Å². The average Bonchev–Trinajstić information content (AvgIpc) is 2.89. The van der Waals surface area contributed by atoms with Gasteiger partial charge in [-0.1, -0.05) is 108 Å². The Hall–Kier alpha value is -1.96. The summed E-state index contributed by atoms with van der Waals surface area (Å²) >= 11 is 0. The van der Waals surface area contributed by atoms with Gasteiger partial charge in [0.15, 0.2) is 0 Å². The van der Waals surface area contributed by atoms with Crippen LogP contribution in [-0.4, -0.2) is 10.2 Å². The molecule has 1 unspecified atom stereocenters. The maximum absolute atomic E-state index is 10.0. The second-order valence-electron chi connectivity index (χ2n) is 7.65. The van der Waals surface area contributed by atoms with E-state index < -0.39 is 0 Å². The molecule has 1 atom stereocenters. The molecule has 2 nitrogen and oxygen atoms in total. The van der Waals surface area contributed by atoms with Gasteiger partial charge in [-0.3, -0.25) is 0 Å². The first kappa shape index (κ1) is 30.2. The zero-order valence-electron chi connectivity index (χ0n) is 21.9. The fourth-order valence-corrected chi connectivity index (χ4v) is 4.10. The van der Waals surface area contributed by atoms with E-state index in [-0.39, 0.29) is 22.0 Å². The van der Waals surface area contributed by atoms with Crippen LogP contribution in [0.3, 0.4) is 0 Å². The van der Waals surface area contributed by atoms with E-state index in [9.17, 15) is 10.2 Å². The number of phenolic OH excluding ortho intramolecular Hbond substituents is 2. The summed E-state index contributed by atoms with van der Waals surface area (Å²) in [5.41, 5.74) is 3.31. The van der Waals surface area contributed by atoms with Crippen molar-refractivity contribution in [2.24, 2.45) is 5.41 Å². The van der Waals surface area contributed by atoms with E-state index in [2.05, 4.69) is 40.7 Å². The van der Waals surface area contributed by atoms with E-state index in [1.165, 1.54) is 11.1 Å². The molecule has 2 N–H and O–H groups in total. The maximum atomic E-state index is 10.0. The van der Waals surface area contributed by atoms with Crippen LogP contribution in [0, 0.1) is 5.41 Å². The molecule has 0 fully saturated rings. The van der Waals surface area contributed by atoms with Crippen molar-refractivity contribution in [3.8, 4) is 11.5 Å². The molecule has 0 amide bonds. The van der Waals surface area contributed by atoms with Gasteiger partial charge in [-0.05, 0) is 51.8 Å². The fourth-order valence-electron chi connectivity index (χ4n) is 4.10. The van der Waals surface area contributed by atoms with Crippen LogP contribution in [0.25, 0.3) is 0 Å². The Morgan fingerprint density at radius 3 is 1.37 bits per heavy atom. The number of hydrogen-bond donors (Lipinski definition) is 2. The summed E-state index contributed by atoms with van der Waals surface area (Å²) in [6, 6.07) is 13.2. The predicted octanol–water partition coefficient (Wildman–Crippen LogP) is 8.83. The van der Waals surface area contributed by atoms with Crippen molar-refractivity contribution in [3.05, 3.63) is 59.2 Å². The highest BCUT2D eigenvalue weighted by Gasteiger charge is 2.59. The predicted molar refractivity (Wildman–Crippen MR) is 135 cm³/mol. The number of phenols is 2. The van der Waals surface area contributed by atoms with Crippen LogP contribution in [0.2, 0.25) is 0 Å². The summed E-state index contributed by atoms with van der Waals surface area (Å²) in [6.07, 6.45) is 0. The van der Waals surface area contributed by atoms with Crippen molar-refractivity contribution >= 4 is 0 Å². The van der Waals surface area contributed by atoms with E-state index in [1.54, 1.807) is 18.2 Å². The Morgan fingerprint density at radius 2 is 0.933 bits per heavy atom. The molecular formula is C28H48O2. The van der Waals surface area contributed by atoms with Crippen LogP contribution in [0.5, 0.6) is 11.5 Å². The minimum Gasteiger partial charge on any atom is -0.508 e. The summed E-state index contributed by atoms with van der Waals surface area (Å²) in [6.45, 7) is 27.4. The Bertz CT molecular complexity index is 727. The number of aromatic hydroxyl groups is 2. The highest BCUT2D eigenvalue weighted by Crippen LogP contribution is 2.64. The van der Waals surface area contributed by atoms with Crippen molar-refractivity contribution in [2.45, 2.75) is 101 Å². The van der Waals surface area contributed by atoms with Crippen LogP contribution >= 0.6 is 0 Å². The molecule has 2 heteroatoms. The molecule has 2 aromatic rings. The summed E-state index contributed by atoms with van der Waals surface area (Å²) in [5.74, 6) is 0.579. The standard InChI is InChI=1S/C20H24O2.4C2H6/c1-18(2)16-11-10-15(22)12-17(16)20(5,19(18,3)4)13-6-8-14(21)9-7-13;4*1-2/h6-12,21-22H,1-5H3;4*1-2H3. The van der Waals surface area contributed by atoms with Gasteiger partial charge < -0.3 is 10.2 Å². The quantitative estimate of drug-likeness (QED) is 0.487. The van der Waals surface area contributed by atoms with Crippen molar-refractivity contribution in [3.63, 3.8) is 0 Å².